The lowest BCUT2D eigenvalue weighted by Gasteiger charge is -2.14. The molecule has 1 fully saturated rings. The fourth-order valence-corrected chi connectivity index (χ4v) is 1.90. The first-order chi connectivity index (χ1) is 8.86. The molecule has 2 N–H and O–H groups in total. The van der Waals surface area contributed by atoms with E-state index in [-0.39, 0.29) is 24.2 Å². The standard InChI is InChI=1S/C12H12F4N2O/c13-9-5-7(12(14,15)16)1-3-10(9)17-6-8-2-4-11(19)18-8/h1,3,5,8,17H,2,4,6H2,(H,18,19). The molecule has 0 bridgehead atoms. The van der Waals surface area contributed by atoms with E-state index < -0.39 is 17.6 Å². The third-order valence-corrected chi connectivity index (χ3v) is 2.92. The van der Waals surface area contributed by atoms with E-state index in [1.165, 1.54) is 0 Å². The highest BCUT2D eigenvalue weighted by molar-refractivity contribution is 5.78. The van der Waals surface area contributed by atoms with Gasteiger partial charge in [-0.3, -0.25) is 4.79 Å². The number of amides is 1. The summed E-state index contributed by atoms with van der Waals surface area (Å²) < 4.78 is 50.5. The Bertz CT molecular complexity index is 487. The molecular weight excluding hydrogens is 264 g/mol. The van der Waals surface area contributed by atoms with Crippen molar-refractivity contribution < 1.29 is 22.4 Å². The first-order valence-electron chi connectivity index (χ1n) is 5.76. The van der Waals surface area contributed by atoms with Gasteiger partial charge < -0.3 is 10.6 Å². The number of benzene rings is 1. The van der Waals surface area contributed by atoms with Gasteiger partial charge in [0.1, 0.15) is 5.82 Å². The quantitative estimate of drug-likeness (QED) is 0.833. The Labute approximate surface area is 107 Å². The maximum absolute atomic E-state index is 13.5. The molecule has 104 valence electrons. The van der Waals surface area contributed by atoms with Gasteiger partial charge in [0.05, 0.1) is 11.3 Å². The molecule has 1 aromatic carbocycles. The van der Waals surface area contributed by atoms with Gasteiger partial charge in [-0.2, -0.15) is 13.2 Å². The zero-order valence-electron chi connectivity index (χ0n) is 9.85. The van der Waals surface area contributed by atoms with Crippen LogP contribution in [0.3, 0.4) is 0 Å². The average molecular weight is 276 g/mol. The molecule has 1 unspecified atom stereocenters. The minimum absolute atomic E-state index is 0.00542. The molecule has 1 aliphatic heterocycles. The summed E-state index contributed by atoms with van der Waals surface area (Å²) in [5.41, 5.74) is -1.03. The maximum atomic E-state index is 13.5. The molecule has 1 heterocycles. The normalized spacial score (nSPS) is 19.4. The van der Waals surface area contributed by atoms with Crippen molar-refractivity contribution in [1.29, 1.82) is 0 Å². The van der Waals surface area contributed by atoms with Gasteiger partial charge in [-0.1, -0.05) is 0 Å². The van der Waals surface area contributed by atoms with Crippen LogP contribution in [0.15, 0.2) is 18.2 Å². The molecule has 0 spiro atoms. The van der Waals surface area contributed by atoms with E-state index in [0.717, 1.165) is 12.1 Å². The Morgan fingerprint density at radius 3 is 2.63 bits per heavy atom. The number of alkyl halides is 3. The van der Waals surface area contributed by atoms with Crippen LogP contribution in [0.25, 0.3) is 0 Å². The van der Waals surface area contributed by atoms with E-state index in [0.29, 0.717) is 18.9 Å². The topological polar surface area (TPSA) is 41.1 Å². The number of halogens is 4. The van der Waals surface area contributed by atoms with Crippen LogP contribution in [-0.2, 0) is 11.0 Å². The number of hydrogen-bond donors (Lipinski definition) is 2. The third kappa shape index (κ3) is 3.36. The molecule has 19 heavy (non-hydrogen) atoms. The van der Waals surface area contributed by atoms with E-state index in [4.69, 9.17) is 0 Å². The fraction of sp³-hybridized carbons (Fsp3) is 0.417. The van der Waals surface area contributed by atoms with E-state index >= 15 is 0 Å². The number of carbonyl (C=O) groups is 1. The molecule has 1 aliphatic rings. The van der Waals surface area contributed by atoms with E-state index in [9.17, 15) is 22.4 Å². The number of anilines is 1. The first-order valence-corrected chi connectivity index (χ1v) is 5.76. The first kappa shape index (κ1) is 13.6. The van der Waals surface area contributed by atoms with Crippen LogP contribution >= 0.6 is 0 Å². The summed E-state index contributed by atoms with van der Waals surface area (Å²) in [5.74, 6) is -1.03. The molecule has 0 saturated carbocycles. The summed E-state index contributed by atoms with van der Waals surface area (Å²) in [6, 6.07) is 2.21. The predicted molar refractivity (Wildman–Crippen MR) is 61.1 cm³/mol. The molecule has 7 heteroatoms. The Hall–Kier alpha value is -1.79. The lowest BCUT2D eigenvalue weighted by Crippen LogP contribution is -2.32. The van der Waals surface area contributed by atoms with Crippen molar-refractivity contribution in [3.8, 4) is 0 Å². The van der Waals surface area contributed by atoms with Crippen LogP contribution in [0.4, 0.5) is 23.2 Å². The molecule has 1 saturated heterocycles. The van der Waals surface area contributed by atoms with Gasteiger partial charge in [-0.25, -0.2) is 4.39 Å². The second-order valence-electron chi connectivity index (χ2n) is 4.38. The van der Waals surface area contributed by atoms with Crippen LogP contribution in [0.1, 0.15) is 18.4 Å². The van der Waals surface area contributed by atoms with Gasteiger partial charge in [0.25, 0.3) is 0 Å². The Morgan fingerprint density at radius 1 is 1.37 bits per heavy atom. The zero-order chi connectivity index (χ0) is 14.0. The van der Waals surface area contributed by atoms with Gasteiger partial charge in [0.2, 0.25) is 5.91 Å². The van der Waals surface area contributed by atoms with Crippen LogP contribution < -0.4 is 10.6 Å². The van der Waals surface area contributed by atoms with E-state index in [2.05, 4.69) is 10.6 Å². The number of rotatable bonds is 3. The van der Waals surface area contributed by atoms with Crippen molar-refractivity contribution in [2.75, 3.05) is 11.9 Å². The third-order valence-electron chi connectivity index (χ3n) is 2.92. The van der Waals surface area contributed by atoms with Crippen molar-refractivity contribution in [3.63, 3.8) is 0 Å². The Morgan fingerprint density at radius 2 is 2.11 bits per heavy atom. The van der Waals surface area contributed by atoms with Crippen molar-refractivity contribution in [1.82, 2.24) is 5.32 Å². The monoisotopic (exact) mass is 276 g/mol. The number of carbonyl (C=O) groups excluding carboxylic acids is 1. The summed E-state index contributed by atoms with van der Waals surface area (Å²) in [6.45, 7) is 0.286. The highest BCUT2D eigenvalue weighted by atomic mass is 19.4. The highest BCUT2D eigenvalue weighted by Crippen LogP contribution is 2.31. The van der Waals surface area contributed by atoms with Gasteiger partial charge in [0, 0.05) is 19.0 Å². The molecular formula is C12H12F4N2O. The SMILES string of the molecule is O=C1CCC(CNc2ccc(C(F)(F)F)cc2F)N1. The summed E-state index contributed by atoms with van der Waals surface area (Å²) in [7, 11) is 0. The molecule has 1 aromatic rings. The summed E-state index contributed by atoms with van der Waals surface area (Å²) >= 11 is 0. The van der Waals surface area contributed by atoms with Gasteiger partial charge >= 0.3 is 6.18 Å². The summed E-state index contributed by atoms with van der Waals surface area (Å²) in [5, 5.41) is 5.37. The lowest BCUT2D eigenvalue weighted by atomic mass is 10.1. The van der Waals surface area contributed by atoms with Crippen molar-refractivity contribution >= 4 is 11.6 Å². The Kier molecular flexibility index (Phi) is 3.64. The maximum Gasteiger partial charge on any atom is 0.416 e. The highest BCUT2D eigenvalue weighted by Gasteiger charge is 2.31. The van der Waals surface area contributed by atoms with E-state index in [1.807, 2.05) is 0 Å². The number of hydrogen-bond acceptors (Lipinski definition) is 2. The van der Waals surface area contributed by atoms with Crippen LogP contribution in [0, 0.1) is 5.82 Å². The molecule has 0 aliphatic carbocycles. The van der Waals surface area contributed by atoms with Crippen LogP contribution in [0.2, 0.25) is 0 Å². The second-order valence-corrected chi connectivity index (χ2v) is 4.38. The molecule has 0 aromatic heterocycles. The van der Waals surface area contributed by atoms with Gasteiger partial charge in [0.15, 0.2) is 0 Å². The lowest BCUT2D eigenvalue weighted by molar-refractivity contribution is -0.137. The van der Waals surface area contributed by atoms with Crippen molar-refractivity contribution in [3.05, 3.63) is 29.6 Å². The van der Waals surface area contributed by atoms with Crippen molar-refractivity contribution in [2.24, 2.45) is 0 Å². The zero-order valence-corrected chi connectivity index (χ0v) is 9.85. The Balaban J connectivity index is 1.99. The molecule has 2 rings (SSSR count). The molecule has 0 radical (unpaired) electrons. The minimum atomic E-state index is -4.56. The van der Waals surface area contributed by atoms with Crippen LogP contribution in [-0.4, -0.2) is 18.5 Å². The fourth-order valence-electron chi connectivity index (χ4n) is 1.90. The predicted octanol–water partition coefficient (Wildman–Crippen LogP) is 2.54. The van der Waals surface area contributed by atoms with Gasteiger partial charge in [-0.15, -0.1) is 0 Å². The van der Waals surface area contributed by atoms with E-state index in [1.54, 1.807) is 0 Å². The largest absolute Gasteiger partial charge is 0.416 e. The average Bonchev–Trinajstić information content (AvgIpc) is 2.72. The molecule has 3 nitrogen and oxygen atoms in total. The summed E-state index contributed by atoms with van der Waals surface area (Å²) in [6.07, 6.45) is -3.51. The summed E-state index contributed by atoms with van der Waals surface area (Å²) in [4.78, 5) is 10.9. The van der Waals surface area contributed by atoms with Gasteiger partial charge in [-0.05, 0) is 24.6 Å². The molecule has 1 atom stereocenters. The second kappa shape index (κ2) is 5.07. The molecule has 1 amide bonds. The smallest absolute Gasteiger partial charge is 0.381 e. The van der Waals surface area contributed by atoms with Crippen LogP contribution in [0.5, 0.6) is 0 Å². The minimum Gasteiger partial charge on any atom is -0.381 e. The van der Waals surface area contributed by atoms with Crippen molar-refractivity contribution in [2.45, 2.75) is 25.1 Å². The number of nitrogens with one attached hydrogen (secondary N) is 2.